The molecular formula is C9H9IO5S. The first-order chi connectivity index (χ1) is 7.27. The lowest BCUT2D eigenvalue weighted by Gasteiger charge is -2.07. The van der Waals surface area contributed by atoms with Gasteiger partial charge in [-0.25, -0.2) is 13.2 Å². The van der Waals surface area contributed by atoms with Gasteiger partial charge in [-0.1, -0.05) is 0 Å². The van der Waals surface area contributed by atoms with E-state index in [0.717, 1.165) is 19.4 Å². The number of aromatic hydroxyl groups is 1. The minimum absolute atomic E-state index is 0.0323. The highest BCUT2D eigenvalue weighted by Gasteiger charge is 2.19. The Morgan fingerprint density at radius 3 is 2.44 bits per heavy atom. The van der Waals surface area contributed by atoms with Gasteiger partial charge in [0.05, 0.1) is 15.6 Å². The summed E-state index contributed by atoms with van der Waals surface area (Å²) in [6.07, 6.45) is 1.02. The fourth-order valence-corrected chi connectivity index (χ4v) is 2.56. The highest BCUT2D eigenvalue weighted by molar-refractivity contribution is 14.1. The second kappa shape index (κ2) is 4.58. The van der Waals surface area contributed by atoms with Crippen LogP contribution in [-0.2, 0) is 14.6 Å². The molecule has 0 aliphatic carbocycles. The molecule has 0 radical (unpaired) electrons. The summed E-state index contributed by atoms with van der Waals surface area (Å²) >= 11 is 1.74. The molecule has 1 aromatic carbocycles. The third-order valence-corrected chi connectivity index (χ3v) is 3.78. The average Bonchev–Trinajstić information content (AvgIpc) is 2.19. The summed E-state index contributed by atoms with van der Waals surface area (Å²) in [5, 5.41) is 9.59. The lowest BCUT2D eigenvalue weighted by Crippen LogP contribution is -2.06. The standard InChI is InChI=1S/C9H9IO5S/c1-15-9(12)6-3-5(16(2,13)14)4-7(10)8(6)11/h3-4,11H,1-2H3. The number of benzene rings is 1. The van der Waals surface area contributed by atoms with Crippen molar-refractivity contribution < 1.29 is 23.1 Å². The van der Waals surface area contributed by atoms with Crippen LogP contribution in [0.5, 0.6) is 5.75 Å². The van der Waals surface area contributed by atoms with Gasteiger partial charge in [0.25, 0.3) is 0 Å². The molecule has 1 aromatic rings. The molecule has 0 atom stereocenters. The fraction of sp³-hybridized carbons (Fsp3) is 0.222. The first-order valence-corrected chi connectivity index (χ1v) is 7.05. The Morgan fingerprint density at radius 2 is 2.00 bits per heavy atom. The van der Waals surface area contributed by atoms with E-state index in [9.17, 15) is 18.3 Å². The molecule has 0 saturated heterocycles. The third-order valence-electron chi connectivity index (χ3n) is 1.87. The van der Waals surface area contributed by atoms with Crippen LogP contribution in [0.4, 0.5) is 0 Å². The minimum Gasteiger partial charge on any atom is -0.506 e. The van der Waals surface area contributed by atoms with Crippen LogP contribution < -0.4 is 0 Å². The van der Waals surface area contributed by atoms with Crippen LogP contribution in [0.1, 0.15) is 10.4 Å². The van der Waals surface area contributed by atoms with Crippen molar-refractivity contribution in [1.82, 2.24) is 0 Å². The molecular weight excluding hydrogens is 347 g/mol. The zero-order chi connectivity index (χ0) is 12.5. The summed E-state index contributed by atoms with van der Waals surface area (Å²) in [7, 11) is -2.28. The summed E-state index contributed by atoms with van der Waals surface area (Å²) in [5.41, 5.74) is -0.158. The number of carbonyl (C=O) groups excluding carboxylic acids is 1. The SMILES string of the molecule is COC(=O)c1cc(S(C)(=O)=O)cc(I)c1O. The molecule has 0 aromatic heterocycles. The van der Waals surface area contributed by atoms with E-state index in [1.807, 2.05) is 0 Å². The van der Waals surface area contributed by atoms with Gasteiger partial charge in [0.1, 0.15) is 11.3 Å². The maximum Gasteiger partial charge on any atom is 0.341 e. The fourth-order valence-electron chi connectivity index (χ4n) is 1.05. The molecule has 7 heteroatoms. The molecule has 0 spiro atoms. The zero-order valence-electron chi connectivity index (χ0n) is 8.52. The van der Waals surface area contributed by atoms with Crippen LogP contribution in [0.25, 0.3) is 0 Å². The number of esters is 1. The smallest absolute Gasteiger partial charge is 0.341 e. The topological polar surface area (TPSA) is 80.7 Å². The van der Waals surface area contributed by atoms with E-state index < -0.39 is 15.8 Å². The summed E-state index contributed by atoms with van der Waals surface area (Å²) < 4.78 is 27.4. The Hall–Kier alpha value is -0.830. The summed E-state index contributed by atoms with van der Waals surface area (Å²) in [5.74, 6) is -1.05. The van der Waals surface area contributed by atoms with Gasteiger partial charge in [-0.15, -0.1) is 0 Å². The van der Waals surface area contributed by atoms with Crippen molar-refractivity contribution in [3.8, 4) is 5.75 Å². The number of carbonyl (C=O) groups is 1. The van der Waals surface area contributed by atoms with Gasteiger partial charge in [-0.05, 0) is 34.7 Å². The number of rotatable bonds is 2. The molecule has 0 unspecified atom stereocenters. The molecule has 0 heterocycles. The first-order valence-electron chi connectivity index (χ1n) is 4.08. The van der Waals surface area contributed by atoms with Gasteiger partial charge >= 0.3 is 5.97 Å². The van der Waals surface area contributed by atoms with E-state index in [1.54, 1.807) is 22.6 Å². The number of sulfone groups is 1. The van der Waals surface area contributed by atoms with Crippen molar-refractivity contribution >= 4 is 38.4 Å². The predicted octanol–water partition coefficient (Wildman–Crippen LogP) is 1.19. The molecule has 16 heavy (non-hydrogen) atoms. The molecule has 88 valence electrons. The number of phenols is 1. The zero-order valence-corrected chi connectivity index (χ0v) is 11.5. The molecule has 1 rings (SSSR count). The molecule has 0 fully saturated rings. The molecule has 5 nitrogen and oxygen atoms in total. The Labute approximate surface area is 106 Å². The second-order valence-corrected chi connectivity index (χ2v) is 6.24. The van der Waals surface area contributed by atoms with Crippen molar-refractivity contribution in [3.63, 3.8) is 0 Å². The highest BCUT2D eigenvalue weighted by Crippen LogP contribution is 2.28. The Balaban J connectivity index is 3.51. The van der Waals surface area contributed by atoms with Gasteiger partial charge in [-0.2, -0.15) is 0 Å². The van der Waals surface area contributed by atoms with Crippen LogP contribution in [0, 0.1) is 3.57 Å². The van der Waals surface area contributed by atoms with E-state index in [0.29, 0.717) is 0 Å². The highest BCUT2D eigenvalue weighted by atomic mass is 127. The van der Waals surface area contributed by atoms with E-state index in [1.165, 1.54) is 6.07 Å². The van der Waals surface area contributed by atoms with Crippen LogP contribution in [-0.4, -0.2) is 32.9 Å². The predicted molar refractivity (Wildman–Crippen MR) is 65.3 cm³/mol. The van der Waals surface area contributed by atoms with Gasteiger partial charge in [0.15, 0.2) is 9.84 Å². The normalized spacial score (nSPS) is 11.2. The number of hydrogen-bond donors (Lipinski definition) is 1. The number of hydrogen-bond acceptors (Lipinski definition) is 5. The molecule has 0 bridgehead atoms. The molecule has 0 aliphatic rings. The molecule has 0 amide bonds. The van der Waals surface area contributed by atoms with Gasteiger partial charge in [0.2, 0.25) is 0 Å². The number of ether oxygens (including phenoxy) is 1. The van der Waals surface area contributed by atoms with Crippen LogP contribution >= 0.6 is 22.6 Å². The van der Waals surface area contributed by atoms with Crippen molar-refractivity contribution in [1.29, 1.82) is 0 Å². The number of phenolic OH excluding ortho intramolecular Hbond substituents is 1. The monoisotopic (exact) mass is 356 g/mol. The number of halogens is 1. The lowest BCUT2D eigenvalue weighted by molar-refractivity contribution is 0.0597. The van der Waals surface area contributed by atoms with E-state index in [4.69, 9.17) is 0 Å². The van der Waals surface area contributed by atoms with E-state index in [-0.39, 0.29) is 19.8 Å². The molecule has 1 N–H and O–H groups in total. The van der Waals surface area contributed by atoms with Crippen molar-refractivity contribution in [2.45, 2.75) is 4.90 Å². The van der Waals surface area contributed by atoms with Crippen molar-refractivity contribution in [2.75, 3.05) is 13.4 Å². The van der Waals surface area contributed by atoms with E-state index in [2.05, 4.69) is 4.74 Å². The second-order valence-electron chi connectivity index (χ2n) is 3.07. The van der Waals surface area contributed by atoms with E-state index >= 15 is 0 Å². The van der Waals surface area contributed by atoms with Gasteiger partial charge in [-0.3, -0.25) is 0 Å². The lowest BCUT2D eigenvalue weighted by atomic mass is 10.2. The van der Waals surface area contributed by atoms with Crippen LogP contribution in [0.15, 0.2) is 17.0 Å². The summed E-state index contributed by atoms with van der Waals surface area (Å²) in [6.45, 7) is 0. The van der Waals surface area contributed by atoms with Crippen molar-refractivity contribution in [3.05, 3.63) is 21.3 Å². The number of methoxy groups -OCH3 is 1. The average molecular weight is 356 g/mol. The van der Waals surface area contributed by atoms with Gasteiger partial charge < -0.3 is 9.84 Å². The first kappa shape index (κ1) is 13.2. The quantitative estimate of drug-likeness (QED) is 0.636. The molecule has 0 saturated carbocycles. The molecule has 0 aliphatic heterocycles. The van der Waals surface area contributed by atoms with Crippen molar-refractivity contribution in [2.24, 2.45) is 0 Å². The maximum absolute atomic E-state index is 11.3. The van der Waals surface area contributed by atoms with Crippen LogP contribution in [0.2, 0.25) is 0 Å². The minimum atomic E-state index is -3.43. The Kier molecular flexibility index (Phi) is 3.79. The third kappa shape index (κ3) is 2.64. The van der Waals surface area contributed by atoms with Crippen LogP contribution in [0.3, 0.4) is 0 Å². The summed E-state index contributed by atoms with van der Waals surface area (Å²) in [6, 6.07) is 2.39. The largest absolute Gasteiger partial charge is 0.506 e. The maximum atomic E-state index is 11.3. The summed E-state index contributed by atoms with van der Waals surface area (Å²) in [4.78, 5) is 11.3. The Bertz CT molecular complexity index is 535. The Morgan fingerprint density at radius 1 is 1.44 bits per heavy atom. The van der Waals surface area contributed by atoms with Gasteiger partial charge in [0, 0.05) is 6.26 Å².